The van der Waals surface area contributed by atoms with Gasteiger partial charge in [0.15, 0.2) is 5.78 Å². The smallest absolute Gasteiger partial charge is 0.282 e. The summed E-state index contributed by atoms with van der Waals surface area (Å²) in [6.07, 6.45) is 1.72. The molecule has 0 aromatic heterocycles. The fourth-order valence-electron chi connectivity index (χ4n) is 4.73. The van der Waals surface area contributed by atoms with Crippen molar-refractivity contribution in [2.24, 2.45) is 17.8 Å². The molecule has 1 aliphatic carbocycles. The van der Waals surface area contributed by atoms with Gasteiger partial charge in [-0.3, -0.25) is 29.3 Å². The number of para-hydroxylation sites is 1. The normalized spacial score (nSPS) is 21.6. The van der Waals surface area contributed by atoms with Gasteiger partial charge in [-0.25, -0.2) is 5.01 Å². The van der Waals surface area contributed by atoms with Gasteiger partial charge in [0.25, 0.3) is 23.4 Å². The zero-order valence-electron chi connectivity index (χ0n) is 18.6. The quantitative estimate of drug-likeness (QED) is 0.240. The molecule has 2 fully saturated rings. The summed E-state index contributed by atoms with van der Waals surface area (Å²) in [6, 6.07) is 9.33. The van der Waals surface area contributed by atoms with E-state index in [0.717, 1.165) is 12.5 Å². The Morgan fingerprint density at radius 2 is 1.74 bits per heavy atom. The Morgan fingerprint density at radius 1 is 1.06 bits per heavy atom. The molecule has 0 N–H and O–H groups in total. The molecule has 0 unspecified atom stereocenters. The van der Waals surface area contributed by atoms with E-state index in [1.54, 1.807) is 0 Å². The van der Waals surface area contributed by atoms with Gasteiger partial charge in [-0.05, 0) is 49.4 Å². The number of nitrogens with zero attached hydrogens (tertiary/aromatic N) is 3. The summed E-state index contributed by atoms with van der Waals surface area (Å²) < 4.78 is 0. The summed E-state index contributed by atoms with van der Waals surface area (Å²) in [4.78, 5) is 64.2. The summed E-state index contributed by atoms with van der Waals surface area (Å²) in [7, 11) is 0. The maximum Gasteiger partial charge on any atom is 0.282 e. The van der Waals surface area contributed by atoms with Gasteiger partial charge in [0.05, 0.1) is 21.8 Å². The highest BCUT2D eigenvalue weighted by molar-refractivity contribution is 6.37. The van der Waals surface area contributed by atoms with Crippen molar-refractivity contribution < 1.29 is 24.1 Å². The molecule has 1 saturated heterocycles. The average molecular weight is 518 g/mol. The second kappa shape index (κ2) is 9.75. The Bertz CT molecular complexity index is 1250. The van der Waals surface area contributed by atoms with Crippen molar-refractivity contribution in [3.8, 4) is 0 Å². The van der Waals surface area contributed by atoms with Gasteiger partial charge in [0.1, 0.15) is 12.1 Å². The molecule has 11 heteroatoms. The number of nitro groups is 1. The van der Waals surface area contributed by atoms with Gasteiger partial charge in [0.2, 0.25) is 0 Å². The summed E-state index contributed by atoms with van der Waals surface area (Å²) in [5.74, 6) is -3.84. The predicted molar refractivity (Wildman–Crippen MR) is 127 cm³/mol. The summed E-state index contributed by atoms with van der Waals surface area (Å²) in [5.41, 5.74) is -0.831. The Labute approximate surface area is 210 Å². The minimum absolute atomic E-state index is 0.0292. The van der Waals surface area contributed by atoms with Crippen molar-refractivity contribution in [1.82, 2.24) is 10.0 Å². The number of ketones is 1. The van der Waals surface area contributed by atoms with Crippen LogP contribution in [0.15, 0.2) is 42.5 Å². The van der Waals surface area contributed by atoms with Crippen LogP contribution in [-0.2, 0) is 9.59 Å². The number of hydrazine groups is 1. The van der Waals surface area contributed by atoms with E-state index >= 15 is 0 Å². The third-order valence-electron chi connectivity index (χ3n) is 6.50. The van der Waals surface area contributed by atoms with Crippen molar-refractivity contribution in [2.75, 3.05) is 6.54 Å². The number of hydrogen-bond donors (Lipinski definition) is 0. The molecular weight excluding hydrogens is 497 g/mol. The first-order chi connectivity index (χ1) is 16.6. The molecule has 1 aliphatic heterocycles. The van der Waals surface area contributed by atoms with Crippen molar-refractivity contribution in [1.29, 1.82) is 0 Å². The molecular formula is C24H21Cl2N3O6. The highest BCUT2D eigenvalue weighted by atomic mass is 35.5. The van der Waals surface area contributed by atoms with Gasteiger partial charge >= 0.3 is 0 Å². The molecule has 35 heavy (non-hydrogen) atoms. The van der Waals surface area contributed by atoms with Crippen molar-refractivity contribution in [2.45, 2.75) is 26.2 Å². The number of hydrogen-bond acceptors (Lipinski definition) is 6. The van der Waals surface area contributed by atoms with Crippen LogP contribution < -0.4 is 0 Å². The van der Waals surface area contributed by atoms with Gasteiger partial charge in [-0.1, -0.05) is 42.3 Å². The molecule has 2 aromatic rings. The van der Waals surface area contributed by atoms with E-state index in [4.69, 9.17) is 23.2 Å². The Hall–Kier alpha value is -3.30. The van der Waals surface area contributed by atoms with Crippen LogP contribution in [0.1, 0.15) is 46.9 Å². The van der Waals surface area contributed by atoms with E-state index in [1.807, 2.05) is 6.92 Å². The van der Waals surface area contributed by atoms with Crippen LogP contribution in [0.4, 0.5) is 5.69 Å². The molecule has 1 saturated carbocycles. The van der Waals surface area contributed by atoms with Crippen LogP contribution in [0.25, 0.3) is 0 Å². The molecule has 2 aliphatic rings. The van der Waals surface area contributed by atoms with Gasteiger partial charge in [0, 0.05) is 16.7 Å². The lowest BCUT2D eigenvalue weighted by atomic mass is 9.76. The number of fused-ring (bicyclic) bond motifs is 1. The van der Waals surface area contributed by atoms with E-state index in [-0.39, 0.29) is 22.1 Å². The van der Waals surface area contributed by atoms with Crippen molar-refractivity contribution >= 4 is 52.4 Å². The van der Waals surface area contributed by atoms with Gasteiger partial charge in [-0.2, -0.15) is 5.01 Å². The minimum Gasteiger partial charge on any atom is -0.292 e. The lowest BCUT2D eigenvalue weighted by molar-refractivity contribution is -0.385. The number of carbonyl (C=O) groups is 4. The summed E-state index contributed by atoms with van der Waals surface area (Å²) in [6.45, 7) is 1.26. The van der Waals surface area contributed by atoms with E-state index < -0.39 is 52.5 Å². The number of imide groups is 1. The van der Waals surface area contributed by atoms with Crippen LogP contribution in [0.2, 0.25) is 10.0 Å². The van der Waals surface area contributed by atoms with E-state index in [2.05, 4.69) is 0 Å². The highest BCUT2D eigenvalue weighted by Crippen LogP contribution is 2.41. The third kappa shape index (κ3) is 4.66. The fraction of sp³-hybridized carbons (Fsp3) is 0.333. The maximum absolute atomic E-state index is 13.6. The first kappa shape index (κ1) is 24.8. The lowest BCUT2D eigenvalue weighted by Crippen LogP contribution is -2.52. The number of benzene rings is 2. The molecule has 4 rings (SSSR count). The van der Waals surface area contributed by atoms with Crippen LogP contribution in [-0.4, -0.2) is 45.0 Å². The zero-order chi connectivity index (χ0) is 25.4. The molecule has 3 amide bonds. The Kier molecular flexibility index (Phi) is 6.91. The second-order valence-electron chi connectivity index (χ2n) is 8.80. The van der Waals surface area contributed by atoms with Crippen molar-refractivity contribution in [3.63, 3.8) is 0 Å². The Morgan fingerprint density at radius 3 is 2.43 bits per heavy atom. The first-order valence-corrected chi connectivity index (χ1v) is 11.8. The Balaban J connectivity index is 1.76. The number of halogens is 2. The number of amides is 3. The number of carbonyl (C=O) groups excluding carboxylic acids is 4. The fourth-order valence-corrected chi connectivity index (χ4v) is 5.25. The molecule has 0 spiro atoms. The van der Waals surface area contributed by atoms with Gasteiger partial charge < -0.3 is 0 Å². The molecule has 1 heterocycles. The standard InChI is InChI=1S/C24H21Cl2N3O6/c1-13-6-8-15-18(10-13)24(33)28(23(15)32)27(12-21(30)16-9-7-14(25)11-19(16)26)22(31)17-4-2-3-5-20(17)29(34)35/h2-5,7,9,11,13,15,18H,6,8,10,12H2,1H3/t13-,15-,18+/m1/s1. The molecule has 3 atom stereocenters. The number of nitro benzene ring substituents is 1. The average Bonchev–Trinajstić information content (AvgIpc) is 3.06. The number of rotatable bonds is 6. The van der Waals surface area contributed by atoms with Crippen LogP contribution in [0, 0.1) is 27.9 Å². The second-order valence-corrected chi connectivity index (χ2v) is 9.65. The van der Waals surface area contributed by atoms with Crippen molar-refractivity contribution in [3.05, 3.63) is 73.8 Å². The largest absolute Gasteiger partial charge is 0.292 e. The first-order valence-electron chi connectivity index (χ1n) is 11.0. The lowest BCUT2D eigenvalue weighted by Gasteiger charge is -2.30. The van der Waals surface area contributed by atoms with E-state index in [0.29, 0.717) is 27.9 Å². The van der Waals surface area contributed by atoms with Gasteiger partial charge in [-0.15, -0.1) is 0 Å². The highest BCUT2D eigenvalue weighted by Gasteiger charge is 2.53. The van der Waals surface area contributed by atoms with Crippen LogP contribution in [0.3, 0.4) is 0 Å². The zero-order valence-corrected chi connectivity index (χ0v) is 20.2. The van der Waals surface area contributed by atoms with E-state index in [9.17, 15) is 29.3 Å². The summed E-state index contributed by atoms with van der Waals surface area (Å²) in [5, 5.41) is 13.3. The molecule has 9 nitrogen and oxygen atoms in total. The van der Waals surface area contributed by atoms with Crippen LogP contribution in [0.5, 0.6) is 0 Å². The molecule has 2 aromatic carbocycles. The monoisotopic (exact) mass is 517 g/mol. The summed E-state index contributed by atoms with van der Waals surface area (Å²) >= 11 is 12.1. The topological polar surface area (TPSA) is 118 Å². The number of Topliss-reactive ketones (excluding diaryl/α,β-unsaturated/α-hetero) is 1. The molecule has 0 bridgehead atoms. The van der Waals surface area contributed by atoms with Crippen LogP contribution >= 0.6 is 23.2 Å². The third-order valence-corrected chi connectivity index (χ3v) is 7.04. The minimum atomic E-state index is -1.01. The SMILES string of the molecule is C[C@@H]1CC[C@H]2C(=O)N(N(CC(=O)c3ccc(Cl)cc3Cl)C(=O)c3ccccc3[N+](=O)[O-])C(=O)[C@H]2C1. The molecule has 182 valence electrons. The molecule has 0 radical (unpaired) electrons. The maximum atomic E-state index is 13.6. The predicted octanol–water partition coefficient (Wildman–Crippen LogP) is 4.56. The van der Waals surface area contributed by atoms with E-state index in [1.165, 1.54) is 36.4 Å².